The summed E-state index contributed by atoms with van der Waals surface area (Å²) in [6.45, 7) is 5.54. The second-order valence-electron chi connectivity index (χ2n) is 6.86. The minimum absolute atomic E-state index is 0. The highest BCUT2D eigenvalue weighted by molar-refractivity contribution is 14.0. The van der Waals surface area contributed by atoms with Gasteiger partial charge in [0.05, 0.1) is 13.2 Å². The lowest BCUT2D eigenvalue weighted by molar-refractivity contribution is -0.0120. The smallest absolute Gasteiger partial charge is 0.191 e. The van der Waals surface area contributed by atoms with Crippen molar-refractivity contribution in [3.05, 3.63) is 34.9 Å². The Balaban J connectivity index is 0.00000261. The van der Waals surface area contributed by atoms with Crippen molar-refractivity contribution in [3.63, 3.8) is 0 Å². The molecule has 1 atom stereocenters. The highest BCUT2D eigenvalue weighted by Crippen LogP contribution is 2.33. The van der Waals surface area contributed by atoms with Gasteiger partial charge in [-0.15, -0.1) is 24.0 Å². The van der Waals surface area contributed by atoms with Crippen LogP contribution in [-0.4, -0.2) is 74.3 Å². The fraction of sp³-hybridized carbons (Fsp3) is 0.632. The number of nitrogens with zero attached hydrogens (tertiary/aromatic N) is 2. The molecule has 8 heteroatoms. The second-order valence-corrected chi connectivity index (χ2v) is 8.40. The first-order chi connectivity index (χ1) is 12.7. The molecular weight excluding hydrogens is 495 g/mol. The van der Waals surface area contributed by atoms with Gasteiger partial charge in [0.25, 0.3) is 0 Å². The first-order valence-corrected chi connectivity index (χ1v) is 10.8. The molecule has 152 valence electrons. The Bertz CT molecular complexity index is 590. The monoisotopic (exact) mass is 524 g/mol. The van der Waals surface area contributed by atoms with Crippen molar-refractivity contribution < 1.29 is 4.74 Å². The molecule has 0 saturated carbocycles. The zero-order chi connectivity index (χ0) is 18.2. The Labute approximate surface area is 189 Å². The summed E-state index contributed by atoms with van der Waals surface area (Å²) >= 11 is 8.00. The molecule has 2 fully saturated rings. The minimum Gasteiger partial charge on any atom is -0.379 e. The Morgan fingerprint density at radius 3 is 2.63 bits per heavy atom. The Kier molecular flexibility index (Phi) is 10.00. The molecular formula is C19H30ClIN4OS. The fourth-order valence-electron chi connectivity index (χ4n) is 3.58. The van der Waals surface area contributed by atoms with Gasteiger partial charge in [0.2, 0.25) is 0 Å². The lowest BCUT2D eigenvalue weighted by atomic mass is 9.95. The lowest BCUT2D eigenvalue weighted by Gasteiger charge is -2.43. The third-order valence-electron chi connectivity index (χ3n) is 5.19. The quantitative estimate of drug-likeness (QED) is 0.341. The molecule has 1 unspecified atom stereocenters. The van der Waals surface area contributed by atoms with Crippen LogP contribution in [0.3, 0.4) is 0 Å². The highest BCUT2D eigenvalue weighted by atomic mass is 127. The van der Waals surface area contributed by atoms with E-state index >= 15 is 0 Å². The van der Waals surface area contributed by atoms with Gasteiger partial charge in [-0.2, -0.15) is 11.8 Å². The summed E-state index contributed by atoms with van der Waals surface area (Å²) in [5.41, 5.74) is 1.50. The first kappa shape index (κ1) is 23.1. The molecule has 2 heterocycles. The molecule has 2 aliphatic rings. The van der Waals surface area contributed by atoms with Crippen LogP contribution in [0.1, 0.15) is 12.0 Å². The van der Waals surface area contributed by atoms with Crippen molar-refractivity contribution in [2.24, 2.45) is 4.99 Å². The van der Waals surface area contributed by atoms with E-state index in [1.165, 1.54) is 23.5 Å². The fourth-order valence-corrected chi connectivity index (χ4v) is 5.18. The van der Waals surface area contributed by atoms with E-state index in [0.29, 0.717) is 0 Å². The Morgan fingerprint density at radius 1 is 1.26 bits per heavy atom. The van der Waals surface area contributed by atoms with Crippen molar-refractivity contribution >= 4 is 53.3 Å². The molecule has 0 radical (unpaired) electrons. The van der Waals surface area contributed by atoms with E-state index in [9.17, 15) is 0 Å². The number of morpholine rings is 1. The molecule has 1 aromatic rings. The summed E-state index contributed by atoms with van der Waals surface area (Å²) in [6, 6.07) is 8.02. The molecule has 2 saturated heterocycles. The van der Waals surface area contributed by atoms with Gasteiger partial charge >= 0.3 is 0 Å². The molecule has 3 rings (SSSR count). The maximum Gasteiger partial charge on any atom is 0.191 e. The van der Waals surface area contributed by atoms with E-state index in [1.54, 1.807) is 0 Å². The molecule has 2 aliphatic heterocycles. The van der Waals surface area contributed by atoms with Gasteiger partial charge < -0.3 is 15.4 Å². The van der Waals surface area contributed by atoms with E-state index in [2.05, 4.69) is 44.4 Å². The number of thioether (sulfide) groups is 1. The maximum absolute atomic E-state index is 5.94. The summed E-state index contributed by atoms with van der Waals surface area (Å²) in [6.07, 6.45) is 2.18. The first-order valence-electron chi connectivity index (χ1n) is 9.31. The van der Waals surface area contributed by atoms with Crippen molar-refractivity contribution in [2.75, 3.05) is 57.9 Å². The zero-order valence-electron chi connectivity index (χ0n) is 15.9. The highest BCUT2D eigenvalue weighted by Gasteiger charge is 2.40. The summed E-state index contributed by atoms with van der Waals surface area (Å²) in [5, 5.41) is 7.78. The predicted octanol–water partition coefficient (Wildman–Crippen LogP) is 2.87. The van der Waals surface area contributed by atoms with Crippen LogP contribution in [0.2, 0.25) is 5.02 Å². The number of guanidine groups is 1. The molecule has 5 nitrogen and oxygen atoms in total. The molecule has 0 aliphatic carbocycles. The largest absolute Gasteiger partial charge is 0.379 e. The molecule has 2 N–H and O–H groups in total. The third kappa shape index (κ3) is 6.66. The van der Waals surface area contributed by atoms with Crippen LogP contribution in [0, 0.1) is 0 Å². The SMILES string of the molecule is CN=C(NCCc1ccc(Cl)cc1)NCC1(N2CCOCC2)CCSC1.I. The number of nitrogens with one attached hydrogen (secondary N) is 2. The molecule has 0 bridgehead atoms. The van der Waals surface area contributed by atoms with Gasteiger partial charge in [0.1, 0.15) is 0 Å². The van der Waals surface area contributed by atoms with Crippen LogP contribution in [0.15, 0.2) is 29.3 Å². The number of aliphatic imine (C=N–C) groups is 1. The van der Waals surface area contributed by atoms with Crippen LogP contribution in [-0.2, 0) is 11.2 Å². The average molecular weight is 525 g/mol. The molecule has 0 aromatic heterocycles. The summed E-state index contributed by atoms with van der Waals surface area (Å²) in [5.74, 6) is 3.30. The number of hydrogen-bond donors (Lipinski definition) is 2. The van der Waals surface area contributed by atoms with Crippen molar-refractivity contribution in [1.29, 1.82) is 0 Å². The molecule has 0 amide bonds. The van der Waals surface area contributed by atoms with E-state index < -0.39 is 0 Å². The van der Waals surface area contributed by atoms with Gasteiger partial charge in [0, 0.05) is 49.5 Å². The molecule has 0 spiro atoms. The predicted molar refractivity (Wildman–Crippen MR) is 127 cm³/mol. The van der Waals surface area contributed by atoms with Gasteiger partial charge in [0.15, 0.2) is 5.96 Å². The van der Waals surface area contributed by atoms with Gasteiger partial charge in [-0.05, 0) is 36.3 Å². The summed E-state index contributed by atoms with van der Waals surface area (Å²) in [4.78, 5) is 7.01. The lowest BCUT2D eigenvalue weighted by Crippen LogP contribution is -2.60. The molecule has 1 aromatic carbocycles. The van der Waals surface area contributed by atoms with Crippen molar-refractivity contribution in [2.45, 2.75) is 18.4 Å². The van der Waals surface area contributed by atoms with Crippen LogP contribution in [0.4, 0.5) is 0 Å². The van der Waals surface area contributed by atoms with Crippen LogP contribution in [0.5, 0.6) is 0 Å². The molecule has 27 heavy (non-hydrogen) atoms. The third-order valence-corrected chi connectivity index (χ3v) is 6.68. The van der Waals surface area contributed by atoms with Gasteiger partial charge in [-0.25, -0.2) is 0 Å². The van der Waals surface area contributed by atoms with Crippen LogP contribution >= 0.6 is 47.3 Å². The normalized spacial score (nSPS) is 23.7. The van der Waals surface area contributed by atoms with Crippen LogP contribution < -0.4 is 10.6 Å². The van der Waals surface area contributed by atoms with E-state index in [-0.39, 0.29) is 29.5 Å². The summed E-state index contributed by atoms with van der Waals surface area (Å²) < 4.78 is 5.54. The number of halogens is 2. The zero-order valence-corrected chi connectivity index (χ0v) is 19.8. The Morgan fingerprint density at radius 2 is 2.00 bits per heavy atom. The summed E-state index contributed by atoms with van der Waals surface area (Å²) in [7, 11) is 1.84. The second kappa shape index (κ2) is 11.7. The number of hydrogen-bond acceptors (Lipinski definition) is 4. The maximum atomic E-state index is 5.94. The number of benzene rings is 1. The minimum atomic E-state index is 0. The average Bonchev–Trinajstić information content (AvgIpc) is 3.17. The van der Waals surface area contributed by atoms with Crippen molar-refractivity contribution in [1.82, 2.24) is 15.5 Å². The van der Waals surface area contributed by atoms with E-state index in [1.807, 2.05) is 19.2 Å². The topological polar surface area (TPSA) is 48.9 Å². The van der Waals surface area contributed by atoms with E-state index in [4.69, 9.17) is 16.3 Å². The van der Waals surface area contributed by atoms with Crippen molar-refractivity contribution in [3.8, 4) is 0 Å². The number of rotatable bonds is 6. The Hall–Kier alpha value is -0.220. The van der Waals surface area contributed by atoms with Gasteiger partial charge in [-0.3, -0.25) is 9.89 Å². The van der Waals surface area contributed by atoms with Crippen LogP contribution in [0.25, 0.3) is 0 Å². The standard InChI is InChI=1S/C19H29ClN4OS.HI/c1-21-18(22-8-6-16-2-4-17(20)5-3-16)23-14-19(7-13-26-15-19)24-9-11-25-12-10-24;/h2-5H,6-15H2,1H3,(H2,21,22,23);1H. The van der Waals surface area contributed by atoms with E-state index in [0.717, 1.165) is 56.8 Å². The van der Waals surface area contributed by atoms with Gasteiger partial charge in [-0.1, -0.05) is 23.7 Å². The number of ether oxygens (including phenoxy) is 1.